The molecule has 0 bridgehead atoms. The molecule has 3 heteroatoms. The van der Waals surface area contributed by atoms with E-state index in [9.17, 15) is 0 Å². The van der Waals surface area contributed by atoms with Crippen LogP contribution in [0.5, 0.6) is 0 Å². The Morgan fingerprint density at radius 1 is 1.67 bits per heavy atom. The van der Waals surface area contributed by atoms with Gasteiger partial charge in [-0.05, 0) is 0 Å². The van der Waals surface area contributed by atoms with Crippen LogP contribution in [-0.2, 0) is 0 Å². The highest BCUT2D eigenvalue weighted by atomic mass is 32.1. The first-order chi connectivity index (χ1) is 2.81. The van der Waals surface area contributed by atoms with Gasteiger partial charge >= 0.3 is 0 Å². The monoisotopic (exact) mass is 108 g/mol. The van der Waals surface area contributed by atoms with Crippen LogP contribution in [0.3, 0.4) is 0 Å². The summed E-state index contributed by atoms with van der Waals surface area (Å²) in [5, 5.41) is 16.4. The largest absolute Gasteiger partial charge is 0.394 e. The third-order valence-electron chi connectivity index (χ3n) is 0.421. The molecule has 0 aliphatic rings. The molecular weight excluding hydrogens is 100 g/mol. The predicted molar refractivity (Wildman–Crippen MR) is 26.9 cm³/mol. The second-order valence-corrected chi connectivity index (χ2v) is 1.38. The summed E-state index contributed by atoms with van der Waals surface area (Å²) in [5.41, 5.74) is 0. The summed E-state index contributed by atoms with van der Waals surface area (Å²) in [7, 11) is 0. The van der Waals surface area contributed by atoms with Gasteiger partial charge in [-0.3, -0.25) is 0 Å². The number of hydrogen-bond acceptors (Lipinski definition) is 3. The fourth-order valence-electron chi connectivity index (χ4n) is 0.0577. The van der Waals surface area contributed by atoms with E-state index in [0.717, 1.165) is 0 Å². The topological polar surface area (TPSA) is 40.5 Å². The SMILES string of the molecule is OC[C@H](O)CS. The summed E-state index contributed by atoms with van der Waals surface area (Å²) in [4.78, 5) is 0. The molecular formula is C3H8O2S. The van der Waals surface area contributed by atoms with Crippen molar-refractivity contribution in [3.63, 3.8) is 0 Å². The molecule has 0 spiro atoms. The summed E-state index contributed by atoms with van der Waals surface area (Å²) in [5.74, 6) is 0.330. The molecule has 0 fully saturated rings. The van der Waals surface area contributed by atoms with Gasteiger partial charge < -0.3 is 10.2 Å². The lowest BCUT2D eigenvalue weighted by Gasteiger charge is -1.96. The van der Waals surface area contributed by atoms with Crippen molar-refractivity contribution in [1.29, 1.82) is 0 Å². The van der Waals surface area contributed by atoms with E-state index in [2.05, 4.69) is 12.6 Å². The minimum atomic E-state index is -0.645. The third-order valence-corrected chi connectivity index (χ3v) is 0.843. The highest BCUT2D eigenvalue weighted by molar-refractivity contribution is 7.80. The molecule has 6 heavy (non-hydrogen) atoms. The molecule has 38 valence electrons. The molecule has 2 nitrogen and oxygen atoms in total. The summed E-state index contributed by atoms with van der Waals surface area (Å²) in [6, 6.07) is 0. The molecule has 0 saturated carbocycles. The van der Waals surface area contributed by atoms with Gasteiger partial charge in [0, 0.05) is 5.75 Å². The zero-order valence-electron chi connectivity index (χ0n) is 3.33. The van der Waals surface area contributed by atoms with Gasteiger partial charge in [-0.2, -0.15) is 12.6 Å². The van der Waals surface area contributed by atoms with Crippen molar-refractivity contribution < 1.29 is 10.2 Å². The Morgan fingerprint density at radius 2 is 2.17 bits per heavy atom. The van der Waals surface area contributed by atoms with Crippen molar-refractivity contribution in [2.45, 2.75) is 6.10 Å². The van der Waals surface area contributed by atoms with E-state index >= 15 is 0 Å². The van der Waals surface area contributed by atoms with Gasteiger partial charge in [0.25, 0.3) is 0 Å². The molecule has 0 unspecified atom stereocenters. The number of hydrogen-bond donors (Lipinski definition) is 3. The minimum Gasteiger partial charge on any atom is -0.394 e. The Morgan fingerprint density at radius 3 is 2.17 bits per heavy atom. The fourth-order valence-corrected chi connectivity index (χ4v) is 0.173. The maximum atomic E-state index is 8.34. The minimum absolute atomic E-state index is 0.191. The van der Waals surface area contributed by atoms with Crippen molar-refractivity contribution in [3.8, 4) is 0 Å². The van der Waals surface area contributed by atoms with Crippen molar-refractivity contribution in [2.24, 2.45) is 0 Å². The Bertz CT molecular complexity index is 28.0. The maximum Gasteiger partial charge on any atom is 0.0858 e. The number of aliphatic hydroxyl groups excluding tert-OH is 2. The molecule has 0 aromatic rings. The lowest BCUT2D eigenvalue weighted by Crippen LogP contribution is -2.12. The molecule has 0 amide bonds. The lowest BCUT2D eigenvalue weighted by atomic mass is 10.4. The fraction of sp³-hybridized carbons (Fsp3) is 1.00. The highest BCUT2D eigenvalue weighted by Gasteiger charge is 1.92. The molecule has 0 aromatic carbocycles. The van der Waals surface area contributed by atoms with Gasteiger partial charge in [0.15, 0.2) is 0 Å². The molecule has 1 atom stereocenters. The van der Waals surface area contributed by atoms with E-state index < -0.39 is 6.10 Å². The summed E-state index contributed by atoms with van der Waals surface area (Å²) >= 11 is 3.69. The van der Waals surface area contributed by atoms with Crippen LogP contribution in [0.4, 0.5) is 0 Å². The van der Waals surface area contributed by atoms with Crippen molar-refractivity contribution >= 4 is 12.6 Å². The van der Waals surface area contributed by atoms with E-state index in [1.807, 2.05) is 0 Å². The van der Waals surface area contributed by atoms with E-state index in [0.29, 0.717) is 5.75 Å². The Labute approximate surface area is 42.2 Å². The second kappa shape index (κ2) is 3.46. The number of aliphatic hydroxyl groups is 2. The van der Waals surface area contributed by atoms with Gasteiger partial charge in [-0.25, -0.2) is 0 Å². The van der Waals surface area contributed by atoms with Crippen LogP contribution in [-0.4, -0.2) is 28.7 Å². The smallest absolute Gasteiger partial charge is 0.0858 e. The molecule has 0 aliphatic carbocycles. The van der Waals surface area contributed by atoms with Crippen LogP contribution >= 0.6 is 12.6 Å². The quantitative estimate of drug-likeness (QED) is 0.408. The van der Waals surface area contributed by atoms with Gasteiger partial charge in [-0.1, -0.05) is 0 Å². The molecule has 2 N–H and O–H groups in total. The third kappa shape index (κ3) is 2.50. The highest BCUT2D eigenvalue weighted by Crippen LogP contribution is 1.81. The zero-order chi connectivity index (χ0) is 4.99. The van der Waals surface area contributed by atoms with Crippen LogP contribution < -0.4 is 0 Å². The van der Waals surface area contributed by atoms with Gasteiger partial charge in [0.2, 0.25) is 0 Å². The lowest BCUT2D eigenvalue weighted by molar-refractivity contribution is 0.114. The first kappa shape index (κ1) is 6.27. The van der Waals surface area contributed by atoms with E-state index in [1.54, 1.807) is 0 Å². The first-order valence-corrected chi connectivity index (χ1v) is 2.34. The summed E-state index contributed by atoms with van der Waals surface area (Å²) in [6.45, 7) is -0.191. The van der Waals surface area contributed by atoms with Gasteiger partial charge in [-0.15, -0.1) is 0 Å². The van der Waals surface area contributed by atoms with Gasteiger partial charge in [0.05, 0.1) is 12.7 Å². The number of thiol groups is 1. The average molecular weight is 108 g/mol. The van der Waals surface area contributed by atoms with Crippen LogP contribution in [0.1, 0.15) is 0 Å². The van der Waals surface area contributed by atoms with E-state index in [1.165, 1.54) is 0 Å². The molecule has 0 saturated heterocycles. The Hall–Kier alpha value is 0.270. The first-order valence-electron chi connectivity index (χ1n) is 1.71. The predicted octanol–water partition coefficient (Wildman–Crippen LogP) is -0.731. The van der Waals surface area contributed by atoms with Crippen molar-refractivity contribution in [1.82, 2.24) is 0 Å². The summed E-state index contributed by atoms with van der Waals surface area (Å²) in [6.07, 6.45) is -0.645. The molecule has 0 aromatic heterocycles. The van der Waals surface area contributed by atoms with Crippen LogP contribution in [0.2, 0.25) is 0 Å². The Kier molecular flexibility index (Phi) is 3.62. The van der Waals surface area contributed by atoms with Crippen molar-refractivity contribution in [2.75, 3.05) is 12.4 Å². The zero-order valence-corrected chi connectivity index (χ0v) is 4.23. The van der Waals surface area contributed by atoms with Crippen LogP contribution in [0.15, 0.2) is 0 Å². The number of rotatable bonds is 2. The van der Waals surface area contributed by atoms with Crippen LogP contribution in [0.25, 0.3) is 0 Å². The Balaban J connectivity index is 2.75. The average Bonchev–Trinajstić information content (AvgIpc) is 1.65. The standard InChI is InChI=1S/C3H8O2S/c4-1-3(5)2-6/h3-6H,1-2H2/t3-/m0/s1. The molecule has 0 rings (SSSR count). The van der Waals surface area contributed by atoms with E-state index in [-0.39, 0.29) is 6.61 Å². The molecule has 0 radical (unpaired) electrons. The molecule has 0 aliphatic heterocycles. The van der Waals surface area contributed by atoms with Crippen LogP contribution in [0, 0.1) is 0 Å². The normalized spacial score (nSPS) is 14.5. The maximum absolute atomic E-state index is 8.34. The van der Waals surface area contributed by atoms with E-state index in [4.69, 9.17) is 10.2 Å². The second-order valence-electron chi connectivity index (χ2n) is 1.02. The summed E-state index contributed by atoms with van der Waals surface area (Å²) < 4.78 is 0. The molecule has 0 heterocycles. The van der Waals surface area contributed by atoms with Crippen molar-refractivity contribution in [3.05, 3.63) is 0 Å². The van der Waals surface area contributed by atoms with Gasteiger partial charge in [0.1, 0.15) is 0 Å².